The first-order chi connectivity index (χ1) is 25.2. The van der Waals surface area contributed by atoms with Crippen LogP contribution in [0.5, 0.6) is 11.5 Å². The first-order valence-corrected chi connectivity index (χ1v) is 17.4. The summed E-state index contributed by atoms with van der Waals surface area (Å²) in [5.41, 5.74) is 3.55. The van der Waals surface area contributed by atoms with E-state index in [-0.39, 0.29) is 17.2 Å². The number of aromatic nitrogens is 5. The lowest BCUT2D eigenvalue weighted by atomic mass is 9.78. The number of aliphatic hydroxyl groups is 2. The van der Waals surface area contributed by atoms with Crippen molar-refractivity contribution in [2.75, 3.05) is 13.2 Å². The van der Waals surface area contributed by atoms with Gasteiger partial charge in [-0.05, 0) is 72.9 Å². The Labute approximate surface area is 301 Å². The summed E-state index contributed by atoms with van der Waals surface area (Å²) < 4.78 is 13.5. The van der Waals surface area contributed by atoms with Gasteiger partial charge in [0.2, 0.25) is 11.8 Å². The maximum absolute atomic E-state index is 13.2. The number of imide groups is 1. The molecule has 4 heterocycles. The molecule has 2 fully saturated rings. The molecule has 2 saturated heterocycles. The van der Waals surface area contributed by atoms with Gasteiger partial charge >= 0.3 is 0 Å². The fourth-order valence-corrected chi connectivity index (χ4v) is 6.80. The summed E-state index contributed by atoms with van der Waals surface area (Å²) >= 11 is 0. The summed E-state index contributed by atoms with van der Waals surface area (Å²) in [6, 6.07) is 17.3. The van der Waals surface area contributed by atoms with Crippen LogP contribution < -0.4 is 20.1 Å². The van der Waals surface area contributed by atoms with E-state index < -0.39 is 30.3 Å². The number of hydrogen-bond donors (Lipinski definition) is 4. The molecule has 5 unspecified atom stereocenters. The smallest absolute Gasteiger partial charge is 0.252 e. The van der Waals surface area contributed by atoms with E-state index in [0.29, 0.717) is 38.5 Å². The average molecular weight is 707 g/mol. The first-order valence-electron chi connectivity index (χ1n) is 17.4. The topological polar surface area (TPSA) is 177 Å². The monoisotopic (exact) mass is 706 g/mol. The molecule has 0 radical (unpaired) electrons. The van der Waals surface area contributed by atoms with Crippen molar-refractivity contribution < 1.29 is 29.3 Å². The zero-order chi connectivity index (χ0) is 36.2. The van der Waals surface area contributed by atoms with Gasteiger partial charge in [-0.25, -0.2) is 15.0 Å². The second-order valence-electron chi connectivity index (χ2n) is 13.6. The number of allylic oxidation sites excluding steroid dienone is 1. The number of ether oxygens (including phenoxy) is 2. The van der Waals surface area contributed by atoms with E-state index in [1.807, 2.05) is 30.3 Å². The van der Waals surface area contributed by atoms with E-state index in [1.54, 1.807) is 30.7 Å². The van der Waals surface area contributed by atoms with Gasteiger partial charge in [-0.1, -0.05) is 44.2 Å². The van der Waals surface area contributed by atoms with Gasteiger partial charge in [0.05, 0.1) is 30.2 Å². The van der Waals surface area contributed by atoms with Crippen molar-refractivity contribution in [1.29, 1.82) is 0 Å². The Bertz CT molecular complexity index is 1930. The van der Waals surface area contributed by atoms with Crippen molar-refractivity contribution in [3.8, 4) is 17.4 Å². The number of fused-ring (bicyclic) bond motifs is 1. The van der Waals surface area contributed by atoms with Crippen molar-refractivity contribution in [2.45, 2.75) is 63.6 Å². The molecule has 14 heteroatoms. The van der Waals surface area contributed by atoms with Gasteiger partial charge in [0.15, 0.2) is 0 Å². The van der Waals surface area contributed by atoms with E-state index in [2.05, 4.69) is 68.8 Å². The van der Waals surface area contributed by atoms with Crippen LogP contribution in [0, 0.1) is 11.8 Å². The molecule has 270 valence electrons. The van der Waals surface area contributed by atoms with Crippen LogP contribution in [0.2, 0.25) is 0 Å². The van der Waals surface area contributed by atoms with Crippen LogP contribution in [-0.4, -0.2) is 83.3 Å². The number of nitrogens with one attached hydrogen (secondary N) is 2. The van der Waals surface area contributed by atoms with Crippen LogP contribution in [0.3, 0.4) is 0 Å². The largest absolute Gasteiger partial charge is 0.494 e. The third-order valence-corrected chi connectivity index (χ3v) is 9.85. The van der Waals surface area contributed by atoms with E-state index in [4.69, 9.17) is 9.47 Å². The lowest BCUT2D eigenvalue weighted by molar-refractivity contribution is -0.149. The number of carbonyl (C=O) groups excluding carboxylic acids is 2. The Balaban J connectivity index is 0.859. The standard InChI is InChI=1S/C38H42N8O6/c1-38(2,25-6-11-29(12-7-25)52-21-27-16-18-41-37(43-27)45-23-39-22-42-45)24-4-9-28(10-5-24)51-19-3-17-40-26-8-13-30-31(20-26)36(50)46(35(30)49)32-14-15-33(47)44-34(32)48/h4-13,16,18,20,22-23,30-34,40,44,47-48H,3,14-15,17,19,21H2,1-2H3. The van der Waals surface area contributed by atoms with Gasteiger partial charge < -0.3 is 25.0 Å². The molecule has 2 aromatic heterocycles. The number of nitrogens with zero attached hydrogens (tertiary/aromatic N) is 6. The van der Waals surface area contributed by atoms with Gasteiger partial charge in [-0.15, -0.1) is 0 Å². The van der Waals surface area contributed by atoms with Gasteiger partial charge in [-0.3, -0.25) is 19.8 Å². The first kappa shape index (κ1) is 35.0. The molecule has 2 amide bonds. The minimum atomic E-state index is -1.16. The molecule has 0 bridgehead atoms. The lowest BCUT2D eigenvalue weighted by Crippen LogP contribution is -2.58. The zero-order valence-electron chi connectivity index (χ0n) is 29.0. The van der Waals surface area contributed by atoms with Crippen LogP contribution in [0.25, 0.3) is 5.95 Å². The summed E-state index contributed by atoms with van der Waals surface area (Å²) in [5.74, 6) is 0.124. The normalized spacial score (nSPS) is 23.0. The number of benzene rings is 2. The quantitative estimate of drug-likeness (QED) is 0.118. The molecule has 7 rings (SSSR count). The second kappa shape index (κ2) is 15.0. The van der Waals surface area contributed by atoms with Crippen LogP contribution in [0.15, 0.2) is 97.4 Å². The Morgan fingerprint density at radius 3 is 2.35 bits per heavy atom. The fourth-order valence-electron chi connectivity index (χ4n) is 6.80. The second-order valence-corrected chi connectivity index (χ2v) is 13.6. The van der Waals surface area contributed by atoms with Crippen LogP contribution in [0.4, 0.5) is 0 Å². The van der Waals surface area contributed by atoms with Gasteiger partial charge in [-0.2, -0.15) is 9.78 Å². The van der Waals surface area contributed by atoms with Gasteiger partial charge in [0.25, 0.3) is 5.95 Å². The lowest BCUT2D eigenvalue weighted by Gasteiger charge is -2.36. The number of likely N-dealkylation sites (tertiary alicyclic amines) is 1. The van der Waals surface area contributed by atoms with E-state index in [0.717, 1.165) is 40.4 Å². The maximum Gasteiger partial charge on any atom is 0.252 e. The molecule has 52 heavy (non-hydrogen) atoms. The van der Waals surface area contributed by atoms with Crippen molar-refractivity contribution in [2.24, 2.45) is 11.8 Å². The molecule has 4 aromatic rings. The number of amides is 2. The van der Waals surface area contributed by atoms with Crippen molar-refractivity contribution in [1.82, 2.24) is 40.3 Å². The van der Waals surface area contributed by atoms with Crippen molar-refractivity contribution in [3.05, 3.63) is 114 Å². The number of hydrogen-bond acceptors (Lipinski definition) is 12. The molecular weight excluding hydrogens is 664 g/mol. The van der Waals surface area contributed by atoms with Crippen molar-refractivity contribution in [3.63, 3.8) is 0 Å². The van der Waals surface area contributed by atoms with E-state index in [1.165, 1.54) is 15.9 Å². The van der Waals surface area contributed by atoms with Gasteiger partial charge in [0, 0.05) is 23.9 Å². The highest BCUT2D eigenvalue weighted by Crippen LogP contribution is 2.36. The fraction of sp³-hybridized carbons (Fsp3) is 0.368. The molecular formula is C38H42N8O6. The summed E-state index contributed by atoms with van der Waals surface area (Å²) in [4.78, 5) is 40.1. The number of piperidine rings is 1. The molecule has 14 nitrogen and oxygen atoms in total. The van der Waals surface area contributed by atoms with Crippen LogP contribution in [0.1, 0.15) is 49.9 Å². The number of aliphatic hydroxyl groups excluding tert-OH is 2. The molecule has 4 N–H and O–H groups in total. The van der Waals surface area contributed by atoms with Crippen LogP contribution in [-0.2, 0) is 21.6 Å². The molecule has 5 atom stereocenters. The Hall–Kier alpha value is -5.44. The van der Waals surface area contributed by atoms with E-state index >= 15 is 0 Å². The average Bonchev–Trinajstić information content (AvgIpc) is 3.78. The summed E-state index contributed by atoms with van der Waals surface area (Å²) in [6.07, 6.45) is 9.43. The molecule has 2 aromatic carbocycles. The Morgan fingerprint density at radius 2 is 1.65 bits per heavy atom. The predicted octanol–water partition coefficient (Wildman–Crippen LogP) is 2.76. The molecule has 1 aliphatic carbocycles. The minimum Gasteiger partial charge on any atom is -0.494 e. The summed E-state index contributed by atoms with van der Waals surface area (Å²) in [6.45, 7) is 5.78. The highest BCUT2D eigenvalue weighted by atomic mass is 16.5. The van der Waals surface area contributed by atoms with Crippen LogP contribution >= 0.6 is 0 Å². The zero-order valence-corrected chi connectivity index (χ0v) is 29.0. The van der Waals surface area contributed by atoms with E-state index in [9.17, 15) is 19.8 Å². The Morgan fingerprint density at radius 1 is 0.942 bits per heavy atom. The third kappa shape index (κ3) is 7.45. The molecule has 0 spiro atoms. The summed E-state index contributed by atoms with van der Waals surface area (Å²) in [5, 5.41) is 30.1. The number of rotatable bonds is 13. The minimum absolute atomic E-state index is 0.251. The highest BCUT2D eigenvalue weighted by molar-refractivity contribution is 6.07. The third-order valence-electron chi connectivity index (χ3n) is 9.85. The SMILES string of the molecule is CC(C)(c1ccc(OCCCNC2=CC3C(=O)N(C4CCC(O)NC4O)C(=O)C3C=C2)cc1)c1ccc(OCc2ccnc(-n3cncn3)n2)cc1. The summed E-state index contributed by atoms with van der Waals surface area (Å²) in [7, 11) is 0. The molecule has 0 saturated carbocycles. The highest BCUT2D eigenvalue weighted by Gasteiger charge is 2.51. The number of carbonyl (C=O) groups is 2. The molecule has 2 aliphatic heterocycles. The van der Waals surface area contributed by atoms with Crippen molar-refractivity contribution >= 4 is 11.8 Å². The Kier molecular flexibility index (Phi) is 10.1. The van der Waals surface area contributed by atoms with Gasteiger partial charge in [0.1, 0.15) is 43.2 Å². The molecule has 3 aliphatic rings. The maximum atomic E-state index is 13.2. The predicted molar refractivity (Wildman–Crippen MR) is 189 cm³/mol.